The molecule has 0 radical (unpaired) electrons. The van der Waals surface area contributed by atoms with E-state index < -0.39 is 0 Å². The Kier molecular flexibility index (Phi) is 2.66. The van der Waals surface area contributed by atoms with Gasteiger partial charge in [-0.05, 0) is 41.6 Å². The van der Waals surface area contributed by atoms with Crippen molar-refractivity contribution in [3.63, 3.8) is 0 Å². The molecule has 0 bridgehead atoms. The fraction of sp³-hybridized carbons (Fsp3) is 0.625. The number of aromatic nitrogens is 1. The predicted molar refractivity (Wildman–Crippen MR) is 52.7 cm³/mol. The van der Waals surface area contributed by atoms with E-state index in [1.807, 2.05) is 5.38 Å². The SMILES string of the molecule is Brc1csc(OC2CCCC2)n1. The zero-order valence-electron chi connectivity index (χ0n) is 6.62. The van der Waals surface area contributed by atoms with Crippen molar-refractivity contribution in [3.05, 3.63) is 9.98 Å². The maximum Gasteiger partial charge on any atom is 0.274 e. The molecule has 1 fully saturated rings. The first-order valence-electron chi connectivity index (χ1n) is 4.12. The minimum absolute atomic E-state index is 0.419. The van der Waals surface area contributed by atoms with Crippen LogP contribution in [0.5, 0.6) is 5.19 Å². The largest absolute Gasteiger partial charge is 0.467 e. The van der Waals surface area contributed by atoms with Crippen molar-refractivity contribution in [2.75, 3.05) is 0 Å². The summed E-state index contributed by atoms with van der Waals surface area (Å²) in [6.45, 7) is 0. The monoisotopic (exact) mass is 247 g/mol. The van der Waals surface area contributed by atoms with Crippen molar-refractivity contribution < 1.29 is 4.74 Å². The first-order valence-corrected chi connectivity index (χ1v) is 5.79. The van der Waals surface area contributed by atoms with Gasteiger partial charge in [0, 0.05) is 5.38 Å². The fourth-order valence-corrected chi connectivity index (χ4v) is 2.59. The first kappa shape index (κ1) is 8.51. The zero-order valence-corrected chi connectivity index (χ0v) is 9.03. The highest BCUT2D eigenvalue weighted by Gasteiger charge is 2.17. The Morgan fingerprint density at radius 3 is 2.83 bits per heavy atom. The summed E-state index contributed by atoms with van der Waals surface area (Å²) < 4.78 is 6.55. The molecule has 0 unspecified atom stereocenters. The molecule has 2 nitrogen and oxygen atoms in total. The quantitative estimate of drug-likeness (QED) is 0.801. The Labute approximate surface area is 84.1 Å². The molecule has 0 atom stereocenters. The Morgan fingerprint density at radius 2 is 2.25 bits per heavy atom. The summed E-state index contributed by atoms with van der Waals surface area (Å²) >= 11 is 4.86. The van der Waals surface area contributed by atoms with Crippen LogP contribution in [0.1, 0.15) is 25.7 Å². The van der Waals surface area contributed by atoms with Gasteiger partial charge in [0.1, 0.15) is 10.7 Å². The molecule has 66 valence electrons. The number of halogens is 1. The van der Waals surface area contributed by atoms with E-state index in [1.54, 1.807) is 11.3 Å². The van der Waals surface area contributed by atoms with Crippen LogP contribution < -0.4 is 4.74 Å². The van der Waals surface area contributed by atoms with Crippen molar-refractivity contribution in [1.82, 2.24) is 4.98 Å². The van der Waals surface area contributed by atoms with Gasteiger partial charge in [0.05, 0.1) is 0 Å². The van der Waals surface area contributed by atoms with E-state index in [0.717, 1.165) is 9.80 Å². The third-order valence-corrected chi connectivity index (χ3v) is 3.46. The van der Waals surface area contributed by atoms with E-state index in [9.17, 15) is 0 Å². The smallest absolute Gasteiger partial charge is 0.274 e. The highest BCUT2D eigenvalue weighted by Crippen LogP contribution is 2.27. The van der Waals surface area contributed by atoms with Crippen LogP contribution in [-0.2, 0) is 0 Å². The number of hydrogen-bond donors (Lipinski definition) is 0. The minimum Gasteiger partial charge on any atom is -0.467 e. The molecule has 1 aliphatic carbocycles. The average molecular weight is 248 g/mol. The normalized spacial score (nSPS) is 18.4. The second-order valence-electron chi connectivity index (χ2n) is 2.96. The van der Waals surface area contributed by atoms with Crippen molar-refractivity contribution in [3.8, 4) is 5.19 Å². The van der Waals surface area contributed by atoms with E-state index in [0.29, 0.717) is 6.10 Å². The number of nitrogens with zero attached hydrogens (tertiary/aromatic N) is 1. The van der Waals surface area contributed by atoms with Gasteiger partial charge in [0.25, 0.3) is 5.19 Å². The van der Waals surface area contributed by atoms with Gasteiger partial charge in [-0.25, -0.2) is 0 Å². The molecule has 0 spiro atoms. The Balaban J connectivity index is 1.94. The molecule has 1 aromatic heterocycles. The van der Waals surface area contributed by atoms with E-state index in [-0.39, 0.29) is 0 Å². The lowest BCUT2D eigenvalue weighted by atomic mass is 10.3. The van der Waals surface area contributed by atoms with Gasteiger partial charge in [-0.1, -0.05) is 11.3 Å². The molecule has 0 aromatic carbocycles. The van der Waals surface area contributed by atoms with Crippen molar-refractivity contribution in [2.45, 2.75) is 31.8 Å². The predicted octanol–water partition coefficient (Wildman–Crippen LogP) is 3.23. The van der Waals surface area contributed by atoms with Gasteiger partial charge in [0.15, 0.2) is 0 Å². The van der Waals surface area contributed by atoms with Crippen molar-refractivity contribution in [1.29, 1.82) is 0 Å². The van der Waals surface area contributed by atoms with Gasteiger partial charge in [-0.2, -0.15) is 4.98 Å². The second kappa shape index (κ2) is 3.75. The highest BCUT2D eigenvalue weighted by molar-refractivity contribution is 9.10. The summed E-state index contributed by atoms with van der Waals surface area (Å²) in [5.74, 6) is 0. The third-order valence-electron chi connectivity index (χ3n) is 2.02. The summed E-state index contributed by atoms with van der Waals surface area (Å²) in [6.07, 6.45) is 5.41. The molecular formula is C8H10BrNOS. The maximum atomic E-state index is 5.67. The van der Waals surface area contributed by atoms with Gasteiger partial charge in [0.2, 0.25) is 0 Å². The second-order valence-corrected chi connectivity index (χ2v) is 4.59. The molecule has 12 heavy (non-hydrogen) atoms. The van der Waals surface area contributed by atoms with Crippen LogP contribution in [0.15, 0.2) is 9.98 Å². The molecule has 1 heterocycles. The lowest BCUT2D eigenvalue weighted by Crippen LogP contribution is -2.10. The summed E-state index contributed by atoms with van der Waals surface area (Å²) in [7, 11) is 0. The average Bonchev–Trinajstić information content (AvgIpc) is 2.63. The molecular weight excluding hydrogens is 238 g/mol. The Hall–Kier alpha value is -0.0900. The van der Waals surface area contributed by atoms with Crippen molar-refractivity contribution >= 4 is 27.3 Å². The van der Waals surface area contributed by atoms with Gasteiger partial charge < -0.3 is 4.74 Å². The molecule has 0 amide bonds. The van der Waals surface area contributed by atoms with Gasteiger partial charge in [-0.15, -0.1) is 0 Å². The topological polar surface area (TPSA) is 22.1 Å². The summed E-state index contributed by atoms with van der Waals surface area (Å²) in [5, 5.41) is 2.75. The van der Waals surface area contributed by atoms with Crippen LogP contribution in [0, 0.1) is 0 Å². The summed E-state index contributed by atoms with van der Waals surface area (Å²) in [4.78, 5) is 4.19. The molecule has 0 saturated heterocycles. The molecule has 1 saturated carbocycles. The molecule has 4 heteroatoms. The lowest BCUT2D eigenvalue weighted by Gasteiger charge is -2.08. The summed E-state index contributed by atoms with van der Waals surface area (Å²) in [5.41, 5.74) is 0. The fourth-order valence-electron chi connectivity index (χ4n) is 1.44. The minimum atomic E-state index is 0.419. The Morgan fingerprint density at radius 1 is 1.50 bits per heavy atom. The van der Waals surface area contributed by atoms with E-state index in [2.05, 4.69) is 20.9 Å². The van der Waals surface area contributed by atoms with Crippen LogP contribution in [0.3, 0.4) is 0 Å². The van der Waals surface area contributed by atoms with Gasteiger partial charge in [-0.3, -0.25) is 0 Å². The van der Waals surface area contributed by atoms with Gasteiger partial charge >= 0.3 is 0 Å². The first-order chi connectivity index (χ1) is 5.84. The summed E-state index contributed by atoms with van der Waals surface area (Å²) in [6, 6.07) is 0. The van der Waals surface area contributed by atoms with Crippen molar-refractivity contribution in [2.24, 2.45) is 0 Å². The lowest BCUT2D eigenvalue weighted by molar-refractivity contribution is 0.209. The molecule has 1 aromatic rings. The van der Waals surface area contributed by atoms with Crippen LogP contribution in [-0.4, -0.2) is 11.1 Å². The Bertz CT molecular complexity index is 257. The standard InChI is InChI=1S/C8H10BrNOS/c9-7-5-12-8(10-7)11-6-3-1-2-4-6/h5-6H,1-4H2. The van der Waals surface area contributed by atoms with Crippen LogP contribution in [0.2, 0.25) is 0 Å². The van der Waals surface area contributed by atoms with Crippen LogP contribution >= 0.6 is 27.3 Å². The number of hydrogen-bond acceptors (Lipinski definition) is 3. The number of rotatable bonds is 2. The van der Waals surface area contributed by atoms with E-state index in [1.165, 1.54) is 25.7 Å². The van der Waals surface area contributed by atoms with Crippen LogP contribution in [0.25, 0.3) is 0 Å². The highest BCUT2D eigenvalue weighted by atomic mass is 79.9. The van der Waals surface area contributed by atoms with Crippen LogP contribution in [0.4, 0.5) is 0 Å². The molecule has 0 N–H and O–H groups in total. The molecule has 2 rings (SSSR count). The van der Waals surface area contributed by atoms with E-state index >= 15 is 0 Å². The molecule has 1 aliphatic rings. The van der Waals surface area contributed by atoms with E-state index in [4.69, 9.17) is 4.74 Å². The zero-order chi connectivity index (χ0) is 8.39. The maximum absolute atomic E-state index is 5.67. The number of thiazole rings is 1. The number of ether oxygens (including phenoxy) is 1. The third kappa shape index (κ3) is 1.98. The molecule has 0 aliphatic heterocycles.